The topological polar surface area (TPSA) is 67.5 Å². The number of amides is 2. The van der Waals surface area contributed by atoms with E-state index >= 15 is 0 Å². The van der Waals surface area contributed by atoms with Crippen molar-refractivity contribution in [1.29, 1.82) is 0 Å². The van der Waals surface area contributed by atoms with E-state index in [1.165, 1.54) is 12.0 Å². The number of urea groups is 1. The van der Waals surface area contributed by atoms with E-state index in [2.05, 4.69) is 41.7 Å². The summed E-state index contributed by atoms with van der Waals surface area (Å²) in [5.41, 5.74) is 9.80. The molecular formula is C15H21N3O. The van der Waals surface area contributed by atoms with Crippen LogP contribution in [-0.2, 0) is 5.41 Å². The van der Waals surface area contributed by atoms with Crippen molar-refractivity contribution in [1.82, 2.24) is 5.43 Å². The molecule has 1 atom stereocenters. The van der Waals surface area contributed by atoms with Crippen molar-refractivity contribution in [3.05, 3.63) is 35.9 Å². The van der Waals surface area contributed by atoms with Crippen molar-refractivity contribution in [2.75, 3.05) is 0 Å². The third-order valence-corrected chi connectivity index (χ3v) is 4.05. The Morgan fingerprint density at radius 1 is 1.37 bits per heavy atom. The van der Waals surface area contributed by atoms with Crippen LogP contribution in [0.4, 0.5) is 4.79 Å². The highest BCUT2D eigenvalue weighted by molar-refractivity contribution is 5.96. The molecule has 4 nitrogen and oxygen atoms in total. The van der Waals surface area contributed by atoms with Crippen molar-refractivity contribution < 1.29 is 4.79 Å². The van der Waals surface area contributed by atoms with E-state index in [0.29, 0.717) is 0 Å². The van der Waals surface area contributed by atoms with Gasteiger partial charge in [-0.3, -0.25) is 0 Å². The minimum absolute atomic E-state index is 0.0536. The van der Waals surface area contributed by atoms with Gasteiger partial charge < -0.3 is 5.73 Å². The van der Waals surface area contributed by atoms with E-state index in [1.807, 2.05) is 6.07 Å². The molecule has 0 bridgehead atoms. The Morgan fingerprint density at radius 2 is 2.11 bits per heavy atom. The maximum atomic E-state index is 10.9. The number of primary amides is 1. The smallest absolute Gasteiger partial charge is 0.332 e. The summed E-state index contributed by atoms with van der Waals surface area (Å²) in [6, 6.07) is 9.83. The Labute approximate surface area is 114 Å². The predicted octanol–water partition coefficient (Wildman–Crippen LogP) is 2.93. The molecule has 0 spiro atoms. The summed E-state index contributed by atoms with van der Waals surface area (Å²) >= 11 is 0. The molecule has 1 aliphatic carbocycles. The van der Waals surface area contributed by atoms with Crippen LogP contribution in [-0.4, -0.2) is 11.7 Å². The van der Waals surface area contributed by atoms with E-state index in [-0.39, 0.29) is 5.41 Å². The molecule has 19 heavy (non-hydrogen) atoms. The van der Waals surface area contributed by atoms with Crippen molar-refractivity contribution in [2.24, 2.45) is 10.8 Å². The first-order chi connectivity index (χ1) is 9.19. The monoisotopic (exact) mass is 259 g/mol. The average molecular weight is 259 g/mol. The highest BCUT2D eigenvalue weighted by Crippen LogP contribution is 2.40. The van der Waals surface area contributed by atoms with Crippen LogP contribution < -0.4 is 11.2 Å². The number of nitrogens with zero attached hydrogens (tertiary/aromatic N) is 1. The first-order valence-electron chi connectivity index (χ1n) is 6.87. The van der Waals surface area contributed by atoms with Crippen LogP contribution in [0, 0.1) is 0 Å². The fourth-order valence-corrected chi connectivity index (χ4v) is 3.04. The number of benzene rings is 1. The number of carbonyl (C=O) groups excluding carboxylic acids is 1. The Morgan fingerprint density at radius 3 is 2.74 bits per heavy atom. The molecule has 102 valence electrons. The molecule has 2 rings (SSSR count). The summed E-state index contributed by atoms with van der Waals surface area (Å²) in [7, 11) is 0. The second-order valence-electron chi connectivity index (χ2n) is 5.04. The van der Waals surface area contributed by atoms with E-state index < -0.39 is 6.03 Å². The van der Waals surface area contributed by atoms with E-state index in [9.17, 15) is 4.79 Å². The number of hydrogen-bond acceptors (Lipinski definition) is 2. The number of hydrazone groups is 1. The average Bonchev–Trinajstić information content (AvgIpc) is 2.46. The lowest BCUT2D eigenvalue weighted by atomic mass is 9.66. The second-order valence-corrected chi connectivity index (χ2v) is 5.04. The number of hydrogen-bond donors (Lipinski definition) is 2. The number of nitrogens with two attached hydrogens (primary N) is 1. The zero-order valence-corrected chi connectivity index (χ0v) is 11.4. The van der Waals surface area contributed by atoms with Crippen molar-refractivity contribution in [3.8, 4) is 0 Å². The second kappa shape index (κ2) is 5.87. The molecular weight excluding hydrogens is 238 g/mol. The Balaban J connectivity index is 2.39. The van der Waals surface area contributed by atoms with Crippen LogP contribution in [0.3, 0.4) is 0 Å². The van der Waals surface area contributed by atoms with Gasteiger partial charge in [-0.25, -0.2) is 10.2 Å². The molecule has 0 saturated heterocycles. The van der Waals surface area contributed by atoms with Gasteiger partial charge >= 0.3 is 6.03 Å². The van der Waals surface area contributed by atoms with Gasteiger partial charge in [-0.1, -0.05) is 43.7 Å². The first-order valence-corrected chi connectivity index (χ1v) is 6.87. The molecule has 1 saturated carbocycles. The summed E-state index contributed by atoms with van der Waals surface area (Å²) in [6.45, 7) is 2.18. The molecule has 0 aromatic heterocycles. The molecule has 0 aliphatic heterocycles. The zero-order chi connectivity index (χ0) is 13.7. The van der Waals surface area contributed by atoms with Gasteiger partial charge in [-0.2, -0.15) is 5.10 Å². The van der Waals surface area contributed by atoms with Gasteiger partial charge in [-0.05, 0) is 31.2 Å². The lowest BCUT2D eigenvalue weighted by molar-refractivity contribution is 0.249. The molecule has 1 aromatic rings. The molecule has 1 aromatic carbocycles. The molecule has 1 unspecified atom stereocenters. The quantitative estimate of drug-likeness (QED) is 0.805. The highest BCUT2D eigenvalue weighted by atomic mass is 16.2. The van der Waals surface area contributed by atoms with Crippen LogP contribution in [0.2, 0.25) is 0 Å². The number of carbonyl (C=O) groups is 1. The Hall–Kier alpha value is -1.84. The number of rotatable bonds is 3. The van der Waals surface area contributed by atoms with Gasteiger partial charge in [0.1, 0.15) is 0 Å². The third kappa shape index (κ3) is 2.78. The standard InChI is InChI=1S/C15H21N3O/c1-2-15(12-8-4-3-5-9-12)11-7-6-10-13(15)17-18-14(16)19/h3-5,8-9H,2,6-7,10-11H2,1H3,(H3,16,18,19)/b17-13+. The lowest BCUT2D eigenvalue weighted by Crippen LogP contribution is -2.40. The molecule has 3 N–H and O–H groups in total. The summed E-state index contributed by atoms with van der Waals surface area (Å²) in [5.74, 6) is 0. The maximum Gasteiger partial charge on any atom is 0.332 e. The largest absolute Gasteiger partial charge is 0.350 e. The fraction of sp³-hybridized carbons (Fsp3) is 0.467. The normalized spacial score (nSPS) is 25.2. The predicted molar refractivity (Wildman–Crippen MR) is 77.0 cm³/mol. The zero-order valence-electron chi connectivity index (χ0n) is 11.4. The van der Waals surface area contributed by atoms with Crippen molar-refractivity contribution in [3.63, 3.8) is 0 Å². The SMILES string of the molecule is CCC1(c2ccccc2)CCCC/C1=N\NC(N)=O. The van der Waals surface area contributed by atoms with Gasteiger partial charge in [0, 0.05) is 11.1 Å². The van der Waals surface area contributed by atoms with Crippen LogP contribution in [0.15, 0.2) is 35.4 Å². The van der Waals surface area contributed by atoms with Gasteiger partial charge in [0.2, 0.25) is 0 Å². The fourth-order valence-electron chi connectivity index (χ4n) is 3.04. The minimum Gasteiger partial charge on any atom is -0.350 e. The van der Waals surface area contributed by atoms with Crippen molar-refractivity contribution >= 4 is 11.7 Å². The molecule has 0 heterocycles. The van der Waals surface area contributed by atoms with E-state index in [1.54, 1.807) is 0 Å². The van der Waals surface area contributed by atoms with Gasteiger partial charge in [0.05, 0.1) is 0 Å². The number of nitrogens with one attached hydrogen (secondary N) is 1. The van der Waals surface area contributed by atoms with Crippen LogP contribution in [0.25, 0.3) is 0 Å². The highest BCUT2D eigenvalue weighted by Gasteiger charge is 2.37. The van der Waals surface area contributed by atoms with Crippen LogP contribution in [0.1, 0.15) is 44.6 Å². The first kappa shape index (κ1) is 13.6. The summed E-state index contributed by atoms with van der Waals surface area (Å²) in [4.78, 5) is 10.9. The Bertz CT molecular complexity index is 470. The summed E-state index contributed by atoms with van der Waals surface area (Å²) in [5, 5.41) is 4.28. The van der Waals surface area contributed by atoms with Crippen molar-refractivity contribution in [2.45, 2.75) is 44.4 Å². The van der Waals surface area contributed by atoms with Gasteiger partial charge in [0.25, 0.3) is 0 Å². The van der Waals surface area contributed by atoms with Gasteiger partial charge in [-0.15, -0.1) is 0 Å². The van der Waals surface area contributed by atoms with Gasteiger partial charge in [0.15, 0.2) is 0 Å². The lowest BCUT2D eigenvalue weighted by Gasteiger charge is -2.38. The third-order valence-electron chi connectivity index (χ3n) is 4.05. The van der Waals surface area contributed by atoms with Crippen LogP contribution in [0.5, 0.6) is 0 Å². The molecule has 1 fully saturated rings. The minimum atomic E-state index is -0.601. The van der Waals surface area contributed by atoms with Crippen LogP contribution >= 0.6 is 0 Å². The molecule has 0 radical (unpaired) electrons. The summed E-state index contributed by atoms with van der Waals surface area (Å²) < 4.78 is 0. The summed E-state index contributed by atoms with van der Waals surface area (Å²) in [6.07, 6.45) is 5.29. The van der Waals surface area contributed by atoms with E-state index in [0.717, 1.165) is 31.4 Å². The molecule has 2 amide bonds. The Kier molecular flexibility index (Phi) is 4.20. The maximum absolute atomic E-state index is 10.9. The van der Waals surface area contributed by atoms with E-state index in [4.69, 9.17) is 5.73 Å². The molecule has 1 aliphatic rings. The molecule has 4 heteroatoms.